The second-order valence-corrected chi connectivity index (χ2v) is 8.39. The molecule has 0 aliphatic rings. The van der Waals surface area contributed by atoms with Crippen LogP contribution in [-0.2, 0) is 42.5 Å². The fraction of sp³-hybridized carbons (Fsp3) is 0.211. The fourth-order valence-electron chi connectivity index (χ4n) is 3.43. The number of fused-ring (bicyclic) bond motifs is 3. The van der Waals surface area contributed by atoms with Crippen molar-refractivity contribution in [2.45, 2.75) is 25.7 Å². The molecule has 0 saturated carbocycles. The maximum Gasteiger partial charge on any atom is 0.174 e. The molecule has 0 aliphatic heterocycles. The van der Waals surface area contributed by atoms with Crippen LogP contribution in [0.3, 0.4) is 0 Å². The van der Waals surface area contributed by atoms with Gasteiger partial charge in [0.1, 0.15) is 5.76 Å². The standard InChI is InChI=1S/C19H18N3O3S.Y/c1-5-22-16-9-14(26(4,23)24)6-7-15(16)19-17(22)8-13(10-20-19)18-11(2)21-25-12(18)3;/h5-10H,1-4H3;/q-1;. The summed E-state index contributed by atoms with van der Waals surface area (Å²) in [6.45, 7) is 7.60. The molecule has 1 aromatic carbocycles. The molecule has 4 rings (SSSR count). The van der Waals surface area contributed by atoms with Crippen LogP contribution in [0.15, 0.2) is 39.9 Å². The van der Waals surface area contributed by atoms with Gasteiger partial charge in [0, 0.05) is 56.2 Å². The van der Waals surface area contributed by atoms with Gasteiger partial charge >= 0.3 is 0 Å². The minimum absolute atomic E-state index is 0. The monoisotopic (exact) mass is 457 g/mol. The summed E-state index contributed by atoms with van der Waals surface area (Å²) in [7, 11) is -3.28. The van der Waals surface area contributed by atoms with Crippen LogP contribution >= 0.6 is 0 Å². The molecule has 0 bridgehead atoms. The van der Waals surface area contributed by atoms with Crippen molar-refractivity contribution in [3.05, 3.63) is 48.5 Å². The van der Waals surface area contributed by atoms with E-state index in [4.69, 9.17) is 4.52 Å². The maximum absolute atomic E-state index is 11.9. The Balaban J connectivity index is 0.00000210. The number of aryl methyl sites for hydroxylation is 2. The van der Waals surface area contributed by atoms with Crippen molar-refractivity contribution < 1.29 is 45.7 Å². The number of aromatic nitrogens is 3. The summed E-state index contributed by atoms with van der Waals surface area (Å²) in [6, 6.07) is 7.18. The van der Waals surface area contributed by atoms with Crippen molar-refractivity contribution in [1.82, 2.24) is 14.7 Å². The molecular weight excluding hydrogens is 439 g/mol. The van der Waals surface area contributed by atoms with Crippen LogP contribution in [0.2, 0.25) is 0 Å². The minimum Gasteiger partial charge on any atom is -0.477 e. The first kappa shape index (κ1) is 20.0. The normalized spacial score (nSPS) is 11.7. The summed E-state index contributed by atoms with van der Waals surface area (Å²) in [4.78, 5) is 4.94. The van der Waals surface area contributed by atoms with Gasteiger partial charge in [-0.05, 0) is 36.4 Å². The molecule has 0 spiro atoms. The summed E-state index contributed by atoms with van der Waals surface area (Å²) in [5.41, 5.74) is 5.21. The van der Waals surface area contributed by atoms with Crippen LogP contribution in [-0.4, -0.2) is 29.4 Å². The Morgan fingerprint density at radius 3 is 2.48 bits per heavy atom. The number of nitrogens with zero attached hydrogens (tertiary/aromatic N) is 3. The fourth-order valence-corrected chi connectivity index (χ4v) is 4.07. The van der Waals surface area contributed by atoms with Gasteiger partial charge in [-0.2, -0.15) is 0 Å². The van der Waals surface area contributed by atoms with Crippen molar-refractivity contribution in [3.63, 3.8) is 0 Å². The summed E-state index contributed by atoms with van der Waals surface area (Å²) in [5, 5.41) is 4.93. The molecule has 0 amide bonds. The first-order valence-electron chi connectivity index (χ1n) is 8.17. The van der Waals surface area contributed by atoms with Crippen LogP contribution in [0.5, 0.6) is 0 Å². The Bertz CT molecular complexity index is 1250. The summed E-state index contributed by atoms with van der Waals surface area (Å²) < 4.78 is 31.1. The Hall–Kier alpha value is -1.70. The third-order valence-electron chi connectivity index (χ3n) is 4.62. The molecule has 4 aromatic rings. The average molecular weight is 457 g/mol. The van der Waals surface area contributed by atoms with E-state index >= 15 is 0 Å². The largest absolute Gasteiger partial charge is 0.477 e. The first-order valence-corrected chi connectivity index (χ1v) is 10.1. The maximum atomic E-state index is 11.9. The van der Waals surface area contributed by atoms with Crippen molar-refractivity contribution in [1.29, 1.82) is 0 Å². The van der Waals surface area contributed by atoms with Gasteiger partial charge in [0.25, 0.3) is 0 Å². The second kappa shape index (κ2) is 7.04. The van der Waals surface area contributed by atoms with Gasteiger partial charge < -0.3 is 9.09 Å². The van der Waals surface area contributed by atoms with Gasteiger partial charge in [-0.25, -0.2) is 8.42 Å². The minimum atomic E-state index is -3.28. The van der Waals surface area contributed by atoms with E-state index in [1.165, 1.54) is 6.26 Å². The molecule has 0 N–H and O–H groups in total. The molecule has 0 atom stereocenters. The topological polar surface area (TPSA) is 78.0 Å². The predicted octanol–water partition coefficient (Wildman–Crippen LogP) is 3.89. The van der Waals surface area contributed by atoms with Crippen molar-refractivity contribution in [2.24, 2.45) is 0 Å². The summed E-state index contributed by atoms with van der Waals surface area (Å²) in [6.07, 6.45) is 3.02. The number of benzene rings is 1. The van der Waals surface area contributed by atoms with Crippen molar-refractivity contribution in [2.75, 3.05) is 6.26 Å². The van der Waals surface area contributed by atoms with Gasteiger partial charge in [-0.15, -0.1) is 6.54 Å². The smallest absolute Gasteiger partial charge is 0.174 e. The van der Waals surface area contributed by atoms with E-state index < -0.39 is 9.84 Å². The zero-order chi connectivity index (χ0) is 18.6. The number of pyridine rings is 1. The van der Waals surface area contributed by atoms with Gasteiger partial charge in [0.2, 0.25) is 0 Å². The number of hydrogen-bond acceptors (Lipinski definition) is 5. The van der Waals surface area contributed by atoms with E-state index in [1.807, 2.05) is 44.0 Å². The number of sulfone groups is 1. The van der Waals surface area contributed by atoms with Crippen LogP contribution < -0.4 is 0 Å². The van der Waals surface area contributed by atoms with E-state index in [0.29, 0.717) is 4.90 Å². The van der Waals surface area contributed by atoms with E-state index in [1.54, 1.807) is 18.3 Å². The van der Waals surface area contributed by atoms with Gasteiger partial charge in [0.15, 0.2) is 9.84 Å². The molecule has 27 heavy (non-hydrogen) atoms. The van der Waals surface area contributed by atoms with E-state index in [-0.39, 0.29) is 32.7 Å². The van der Waals surface area contributed by atoms with Crippen molar-refractivity contribution >= 4 is 31.8 Å². The molecule has 3 aromatic heterocycles. The predicted molar refractivity (Wildman–Crippen MR) is 101 cm³/mol. The zero-order valence-corrected chi connectivity index (χ0v) is 19.2. The molecule has 3 heterocycles. The summed E-state index contributed by atoms with van der Waals surface area (Å²) in [5.74, 6) is 0.742. The molecule has 6 nitrogen and oxygen atoms in total. The van der Waals surface area contributed by atoms with E-state index in [2.05, 4.69) is 10.1 Å². The first-order chi connectivity index (χ1) is 12.3. The number of hydrogen-bond donors (Lipinski definition) is 0. The Morgan fingerprint density at radius 1 is 1.15 bits per heavy atom. The third-order valence-corrected chi connectivity index (χ3v) is 5.73. The Labute approximate surface area is 182 Å². The van der Waals surface area contributed by atoms with E-state index in [9.17, 15) is 8.42 Å². The third kappa shape index (κ3) is 3.22. The SMILES string of the molecule is C[CH-]n1c2cc(S(C)(=O)=O)ccc2c2ncc(-c3c(C)noc3C)cc21.[Y]. The summed E-state index contributed by atoms with van der Waals surface area (Å²) >= 11 is 0. The molecule has 8 heteroatoms. The number of rotatable bonds is 3. The van der Waals surface area contributed by atoms with Crippen LogP contribution in [0.1, 0.15) is 18.4 Å². The van der Waals surface area contributed by atoms with Crippen molar-refractivity contribution in [3.8, 4) is 11.1 Å². The second-order valence-electron chi connectivity index (χ2n) is 6.37. The zero-order valence-electron chi connectivity index (χ0n) is 15.5. The average Bonchev–Trinajstić information content (AvgIpc) is 3.09. The molecule has 137 valence electrons. The van der Waals surface area contributed by atoms with Gasteiger partial charge in [0.05, 0.1) is 10.6 Å². The van der Waals surface area contributed by atoms with E-state index in [0.717, 1.165) is 44.5 Å². The molecule has 1 radical (unpaired) electrons. The van der Waals surface area contributed by atoms with Crippen LogP contribution in [0.25, 0.3) is 33.1 Å². The Morgan fingerprint density at radius 2 is 1.89 bits per heavy atom. The Kier molecular flexibility index (Phi) is 5.23. The van der Waals surface area contributed by atoms with Crippen LogP contribution in [0.4, 0.5) is 0 Å². The quantitative estimate of drug-likeness (QED) is 0.437. The molecule has 0 saturated heterocycles. The molecular formula is C19H18N3O3SY-. The molecule has 0 unspecified atom stereocenters. The van der Waals surface area contributed by atoms with Gasteiger partial charge in [-0.3, -0.25) is 4.98 Å². The molecule has 0 fully saturated rings. The molecule has 0 aliphatic carbocycles. The van der Waals surface area contributed by atoms with Crippen LogP contribution in [0, 0.1) is 20.4 Å². The van der Waals surface area contributed by atoms with Gasteiger partial charge in [-0.1, -0.05) is 35.8 Å².